The summed E-state index contributed by atoms with van der Waals surface area (Å²) < 4.78 is 1.75. The Bertz CT molecular complexity index is 762. The Hall–Kier alpha value is -1.92. The first-order valence-electron chi connectivity index (χ1n) is 9.64. The first kappa shape index (κ1) is 17.5. The lowest BCUT2D eigenvalue weighted by atomic mass is 9.90. The number of likely N-dealkylation sites (tertiary alicyclic amines) is 1. The predicted molar refractivity (Wildman–Crippen MR) is 110 cm³/mol. The van der Waals surface area contributed by atoms with Crippen LogP contribution in [0.3, 0.4) is 0 Å². The fourth-order valence-corrected chi connectivity index (χ4v) is 4.35. The molecule has 0 amide bonds. The third kappa shape index (κ3) is 3.62. The summed E-state index contributed by atoms with van der Waals surface area (Å²) in [6.45, 7) is 4.23. The maximum atomic E-state index is 5.92. The Morgan fingerprint density at radius 2 is 1.96 bits per heavy atom. The van der Waals surface area contributed by atoms with E-state index in [-0.39, 0.29) is 0 Å². The molecular weight excluding hydrogens is 342 g/mol. The van der Waals surface area contributed by atoms with Crippen molar-refractivity contribution in [2.75, 3.05) is 25.0 Å². The lowest BCUT2D eigenvalue weighted by molar-refractivity contribution is 0.203. The van der Waals surface area contributed by atoms with Crippen molar-refractivity contribution < 1.29 is 0 Å². The highest BCUT2D eigenvalue weighted by Crippen LogP contribution is 2.35. The van der Waals surface area contributed by atoms with Crippen molar-refractivity contribution in [3.63, 3.8) is 0 Å². The number of benzene rings is 1. The van der Waals surface area contributed by atoms with Crippen LogP contribution in [0.1, 0.15) is 48.4 Å². The number of nitrogens with one attached hydrogen (secondary N) is 1. The van der Waals surface area contributed by atoms with Gasteiger partial charge in [-0.15, -0.1) is 0 Å². The Labute approximate surface area is 160 Å². The second-order valence-corrected chi connectivity index (χ2v) is 7.80. The van der Waals surface area contributed by atoms with Crippen LogP contribution in [-0.2, 0) is 13.0 Å². The number of rotatable bonds is 3. The van der Waals surface area contributed by atoms with Crippen LogP contribution in [0.2, 0.25) is 0 Å². The third-order valence-electron chi connectivity index (χ3n) is 5.59. The van der Waals surface area contributed by atoms with Crippen LogP contribution in [0.15, 0.2) is 30.3 Å². The van der Waals surface area contributed by atoms with Gasteiger partial charge < -0.3 is 11.1 Å². The van der Waals surface area contributed by atoms with E-state index in [1.165, 1.54) is 29.7 Å². The van der Waals surface area contributed by atoms with E-state index in [1.807, 2.05) is 0 Å². The molecule has 1 saturated heterocycles. The molecule has 2 aliphatic heterocycles. The number of anilines is 1. The van der Waals surface area contributed by atoms with Gasteiger partial charge in [-0.3, -0.25) is 4.90 Å². The van der Waals surface area contributed by atoms with Crippen LogP contribution in [0.4, 0.5) is 5.82 Å². The molecule has 0 saturated carbocycles. The number of piperidine rings is 1. The second kappa shape index (κ2) is 7.76. The van der Waals surface area contributed by atoms with Crippen LogP contribution in [-0.4, -0.2) is 39.4 Å². The summed E-state index contributed by atoms with van der Waals surface area (Å²) in [7, 11) is 0. The van der Waals surface area contributed by atoms with Gasteiger partial charge in [0.1, 0.15) is 5.82 Å². The molecule has 3 N–H and O–H groups in total. The second-order valence-electron chi connectivity index (χ2n) is 7.38. The summed E-state index contributed by atoms with van der Waals surface area (Å²) in [5.41, 5.74) is 9.88. The van der Waals surface area contributed by atoms with Crippen molar-refractivity contribution in [1.29, 1.82) is 0 Å². The van der Waals surface area contributed by atoms with Gasteiger partial charge in [0.15, 0.2) is 5.11 Å². The highest BCUT2D eigenvalue weighted by atomic mass is 32.1. The molecule has 26 heavy (non-hydrogen) atoms. The SMILES string of the molecule is NC(=S)n1nc(C2CCN(Cc3ccccc3)CC2)c2c1NCCCC2. The van der Waals surface area contributed by atoms with E-state index >= 15 is 0 Å². The lowest BCUT2D eigenvalue weighted by Gasteiger charge is -2.31. The molecule has 0 atom stereocenters. The van der Waals surface area contributed by atoms with Crippen molar-refractivity contribution in [3.05, 3.63) is 47.2 Å². The van der Waals surface area contributed by atoms with Crippen molar-refractivity contribution in [2.45, 2.75) is 44.6 Å². The van der Waals surface area contributed by atoms with E-state index < -0.39 is 0 Å². The number of hydrogen-bond donors (Lipinski definition) is 2. The molecule has 1 fully saturated rings. The zero-order chi connectivity index (χ0) is 17.9. The maximum absolute atomic E-state index is 5.92. The summed E-state index contributed by atoms with van der Waals surface area (Å²) in [6.07, 6.45) is 5.75. The summed E-state index contributed by atoms with van der Waals surface area (Å²) in [4.78, 5) is 2.55. The van der Waals surface area contributed by atoms with Crippen molar-refractivity contribution in [3.8, 4) is 0 Å². The van der Waals surface area contributed by atoms with Crippen molar-refractivity contribution >= 4 is 23.1 Å². The number of hydrogen-bond acceptors (Lipinski definition) is 4. The summed E-state index contributed by atoms with van der Waals surface area (Å²) in [6, 6.07) is 10.7. The zero-order valence-corrected chi connectivity index (χ0v) is 16.0. The average Bonchev–Trinajstić information content (AvgIpc) is 2.85. The Balaban J connectivity index is 1.48. The normalized spacial score (nSPS) is 18.8. The van der Waals surface area contributed by atoms with E-state index in [0.717, 1.165) is 51.3 Å². The third-order valence-corrected chi connectivity index (χ3v) is 5.77. The molecule has 0 radical (unpaired) electrons. The molecule has 2 aliphatic rings. The molecule has 0 aliphatic carbocycles. The molecule has 0 unspecified atom stereocenters. The number of thiocarbonyl (C=S) groups is 1. The molecule has 0 bridgehead atoms. The van der Waals surface area contributed by atoms with E-state index in [0.29, 0.717) is 11.0 Å². The zero-order valence-electron chi connectivity index (χ0n) is 15.2. The molecule has 1 aromatic carbocycles. The average molecular weight is 370 g/mol. The molecule has 5 nitrogen and oxygen atoms in total. The van der Waals surface area contributed by atoms with Crippen LogP contribution in [0, 0.1) is 0 Å². The largest absolute Gasteiger partial charge is 0.374 e. The van der Waals surface area contributed by atoms with E-state index in [2.05, 4.69) is 40.5 Å². The topological polar surface area (TPSA) is 59.1 Å². The standard InChI is InChI=1S/C20H27N5S/c21-20(26)25-19-17(8-4-5-11-22-19)18(23-25)16-9-12-24(13-10-16)14-15-6-2-1-3-7-15/h1-3,6-7,16,22H,4-5,8-14H2,(H2,21,26). The van der Waals surface area contributed by atoms with Gasteiger partial charge in [0.25, 0.3) is 0 Å². The molecule has 3 heterocycles. The first-order chi connectivity index (χ1) is 12.7. The summed E-state index contributed by atoms with van der Waals surface area (Å²) in [5.74, 6) is 1.54. The minimum atomic E-state index is 0.336. The smallest absolute Gasteiger partial charge is 0.193 e. The van der Waals surface area contributed by atoms with Gasteiger partial charge in [0, 0.05) is 24.6 Å². The van der Waals surface area contributed by atoms with E-state index in [1.54, 1.807) is 4.68 Å². The molecule has 0 spiro atoms. The fraction of sp³-hybridized carbons (Fsp3) is 0.500. The first-order valence-corrected chi connectivity index (χ1v) is 10.0. The van der Waals surface area contributed by atoms with Crippen molar-refractivity contribution in [1.82, 2.24) is 14.7 Å². The number of fused-ring (bicyclic) bond motifs is 1. The molecule has 4 rings (SSSR count). The van der Waals surface area contributed by atoms with Gasteiger partial charge in [-0.05, 0) is 63.0 Å². The van der Waals surface area contributed by atoms with Gasteiger partial charge in [0.05, 0.1) is 5.69 Å². The molecule has 138 valence electrons. The lowest BCUT2D eigenvalue weighted by Crippen LogP contribution is -2.33. The number of nitrogens with two attached hydrogens (primary N) is 1. The Morgan fingerprint density at radius 1 is 1.19 bits per heavy atom. The molecule has 1 aromatic heterocycles. The summed E-state index contributed by atoms with van der Waals surface area (Å²) in [5, 5.41) is 8.67. The maximum Gasteiger partial charge on any atom is 0.193 e. The van der Waals surface area contributed by atoms with Crippen molar-refractivity contribution in [2.24, 2.45) is 5.73 Å². The number of nitrogens with zero attached hydrogens (tertiary/aromatic N) is 3. The van der Waals surface area contributed by atoms with Gasteiger partial charge in [0.2, 0.25) is 0 Å². The minimum Gasteiger partial charge on any atom is -0.374 e. The van der Waals surface area contributed by atoms with Crippen LogP contribution < -0.4 is 11.1 Å². The fourth-order valence-electron chi connectivity index (χ4n) is 4.22. The van der Waals surface area contributed by atoms with Crippen LogP contribution >= 0.6 is 12.2 Å². The van der Waals surface area contributed by atoms with Crippen LogP contribution in [0.25, 0.3) is 0 Å². The number of aromatic nitrogens is 2. The Kier molecular flexibility index (Phi) is 5.22. The summed E-state index contributed by atoms with van der Waals surface area (Å²) >= 11 is 5.23. The van der Waals surface area contributed by atoms with E-state index in [4.69, 9.17) is 23.1 Å². The molecular formula is C20H27N5S. The van der Waals surface area contributed by atoms with Gasteiger partial charge in [-0.1, -0.05) is 30.3 Å². The van der Waals surface area contributed by atoms with Crippen LogP contribution in [0.5, 0.6) is 0 Å². The molecule has 6 heteroatoms. The highest BCUT2D eigenvalue weighted by molar-refractivity contribution is 7.80. The predicted octanol–water partition coefficient (Wildman–Crippen LogP) is 3.10. The highest BCUT2D eigenvalue weighted by Gasteiger charge is 2.29. The monoisotopic (exact) mass is 369 g/mol. The van der Waals surface area contributed by atoms with E-state index in [9.17, 15) is 0 Å². The van der Waals surface area contributed by atoms with Gasteiger partial charge >= 0.3 is 0 Å². The minimum absolute atomic E-state index is 0.336. The quantitative estimate of drug-likeness (QED) is 0.814. The molecule has 2 aromatic rings. The van der Waals surface area contributed by atoms with Gasteiger partial charge in [-0.2, -0.15) is 9.78 Å². The van der Waals surface area contributed by atoms with Gasteiger partial charge in [-0.25, -0.2) is 0 Å². The Morgan fingerprint density at radius 3 is 2.69 bits per heavy atom.